The molecule has 1 saturated heterocycles. The van der Waals surface area contributed by atoms with Gasteiger partial charge in [-0.1, -0.05) is 6.92 Å². The van der Waals surface area contributed by atoms with E-state index >= 15 is 0 Å². The van der Waals surface area contributed by atoms with Crippen molar-refractivity contribution in [2.45, 2.75) is 30.7 Å². The van der Waals surface area contributed by atoms with Gasteiger partial charge >= 0.3 is 0 Å². The molecule has 0 amide bonds. The molecule has 1 aromatic carbocycles. The van der Waals surface area contributed by atoms with Crippen LogP contribution in [-0.4, -0.2) is 38.4 Å². The number of sulfonamides is 1. The molecule has 21 heavy (non-hydrogen) atoms. The minimum absolute atomic E-state index is 0. The summed E-state index contributed by atoms with van der Waals surface area (Å²) in [6.07, 6.45) is 1.29. The van der Waals surface area contributed by atoms with Crippen LogP contribution in [0.2, 0.25) is 0 Å². The van der Waals surface area contributed by atoms with Gasteiger partial charge in [0.2, 0.25) is 10.0 Å². The Labute approximate surface area is 130 Å². The first kappa shape index (κ1) is 18.3. The van der Waals surface area contributed by atoms with Crippen LogP contribution in [0, 0.1) is 11.6 Å². The molecule has 1 aromatic rings. The highest BCUT2D eigenvalue weighted by atomic mass is 35.5. The van der Waals surface area contributed by atoms with Gasteiger partial charge < -0.3 is 5.32 Å². The van der Waals surface area contributed by atoms with E-state index in [1.165, 1.54) is 4.31 Å². The number of hydrogen-bond donors (Lipinski definition) is 1. The van der Waals surface area contributed by atoms with Crippen molar-refractivity contribution >= 4 is 22.4 Å². The van der Waals surface area contributed by atoms with E-state index < -0.39 is 26.6 Å². The molecule has 1 aliphatic rings. The van der Waals surface area contributed by atoms with Gasteiger partial charge in [0.25, 0.3) is 0 Å². The Morgan fingerprint density at radius 2 is 2.10 bits per heavy atom. The summed E-state index contributed by atoms with van der Waals surface area (Å²) < 4.78 is 53.4. The van der Waals surface area contributed by atoms with Gasteiger partial charge in [0, 0.05) is 19.1 Å². The second-order valence-electron chi connectivity index (χ2n) is 4.84. The molecule has 0 saturated carbocycles. The SMILES string of the molecule is CCCN(C1CCNC1)S(=O)(=O)c1cc(F)ccc1F.Cl. The van der Waals surface area contributed by atoms with Crippen molar-refractivity contribution in [1.29, 1.82) is 0 Å². The Balaban J connectivity index is 0.00000220. The molecule has 1 unspecified atom stereocenters. The first-order valence-corrected chi connectivity index (χ1v) is 8.08. The lowest BCUT2D eigenvalue weighted by Gasteiger charge is -2.27. The number of nitrogens with zero attached hydrogens (tertiary/aromatic N) is 1. The lowest BCUT2D eigenvalue weighted by molar-refractivity contribution is 0.333. The average molecular weight is 341 g/mol. The fourth-order valence-corrected chi connectivity index (χ4v) is 4.23. The summed E-state index contributed by atoms with van der Waals surface area (Å²) in [7, 11) is -4.02. The molecule has 1 heterocycles. The number of nitrogens with one attached hydrogen (secondary N) is 1. The van der Waals surface area contributed by atoms with Gasteiger partial charge in [0.1, 0.15) is 16.5 Å². The molecule has 1 aliphatic heterocycles. The quantitative estimate of drug-likeness (QED) is 0.893. The van der Waals surface area contributed by atoms with E-state index in [9.17, 15) is 17.2 Å². The third-order valence-corrected chi connectivity index (χ3v) is 5.33. The molecule has 8 heteroatoms. The number of benzene rings is 1. The van der Waals surface area contributed by atoms with Crippen LogP contribution in [0.25, 0.3) is 0 Å². The minimum atomic E-state index is -4.02. The zero-order chi connectivity index (χ0) is 14.8. The summed E-state index contributed by atoms with van der Waals surface area (Å²) in [5.74, 6) is -1.68. The third kappa shape index (κ3) is 3.91. The maximum Gasteiger partial charge on any atom is 0.246 e. The van der Waals surface area contributed by atoms with E-state index in [4.69, 9.17) is 0 Å². The van der Waals surface area contributed by atoms with Crippen LogP contribution in [0.5, 0.6) is 0 Å². The maximum absolute atomic E-state index is 13.8. The second-order valence-corrected chi connectivity index (χ2v) is 6.70. The monoisotopic (exact) mass is 340 g/mol. The van der Waals surface area contributed by atoms with Gasteiger partial charge in [-0.05, 0) is 37.6 Å². The van der Waals surface area contributed by atoms with Crippen molar-refractivity contribution < 1.29 is 17.2 Å². The highest BCUT2D eigenvalue weighted by Crippen LogP contribution is 2.24. The Bertz CT molecular complexity index is 578. The average Bonchev–Trinajstić information content (AvgIpc) is 2.92. The molecule has 0 aromatic heterocycles. The van der Waals surface area contributed by atoms with Crippen molar-refractivity contribution in [2.24, 2.45) is 0 Å². The Kier molecular flexibility index (Phi) is 6.52. The zero-order valence-electron chi connectivity index (χ0n) is 11.7. The van der Waals surface area contributed by atoms with Crippen LogP contribution in [0.1, 0.15) is 19.8 Å². The predicted molar refractivity (Wildman–Crippen MR) is 79.1 cm³/mol. The molecular weight excluding hydrogens is 322 g/mol. The normalized spacial score (nSPS) is 18.8. The van der Waals surface area contributed by atoms with Crippen LogP contribution < -0.4 is 5.32 Å². The van der Waals surface area contributed by atoms with Crippen LogP contribution in [-0.2, 0) is 10.0 Å². The Morgan fingerprint density at radius 1 is 1.38 bits per heavy atom. The third-order valence-electron chi connectivity index (χ3n) is 3.37. The predicted octanol–water partition coefficient (Wildman–Crippen LogP) is 2.15. The molecule has 0 radical (unpaired) electrons. The summed E-state index contributed by atoms with van der Waals surface area (Å²) in [5, 5.41) is 3.09. The summed E-state index contributed by atoms with van der Waals surface area (Å²) in [6, 6.07) is 2.30. The molecule has 120 valence electrons. The summed E-state index contributed by atoms with van der Waals surface area (Å²) in [4.78, 5) is -0.585. The zero-order valence-corrected chi connectivity index (χ0v) is 13.3. The van der Waals surface area contributed by atoms with Crippen molar-refractivity contribution in [1.82, 2.24) is 9.62 Å². The molecule has 2 rings (SSSR count). The van der Waals surface area contributed by atoms with Gasteiger partial charge in [-0.3, -0.25) is 0 Å². The molecule has 0 aliphatic carbocycles. The van der Waals surface area contributed by atoms with Gasteiger partial charge in [0.05, 0.1) is 0 Å². The van der Waals surface area contributed by atoms with Gasteiger partial charge in [0.15, 0.2) is 0 Å². The fourth-order valence-electron chi connectivity index (χ4n) is 2.41. The first-order valence-electron chi connectivity index (χ1n) is 6.64. The van der Waals surface area contributed by atoms with E-state index in [2.05, 4.69) is 5.32 Å². The van der Waals surface area contributed by atoms with E-state index in [0.717, 1.165) is 24.7 Å². The van der Waals surface area contributed by atoms with Crippen molar-refractivity contribution in [3.63, 3.8) is 0 Å². The Hall–Kier alpha value is -0.760. The smallest absolute Gasteiger partial charge is 0.246 e. The van der Waals surface area contributed by atoms with Gasteiger partial charge in [-0.15, -0.1) is 12.4 Å². The topological polar surface area (TPSA) is 49.4 Å². The summed E-state index contributed by atoms with van der Waals surface area (Å²) >= 11 is 0. The molecule has 0 spiro atoms. The van der Waals surface area contributed by atoms with Gasteiger partial charge in [-0.2, -0.15) is 4.31 Å². The summed E-state index contributed by atoms with van der Waals surface area (Å²) in [5.41, 5.74) is 0. The standard InChI is InChI=1S/C13H18F2N2O2S.ClH/c1-2-7-17(11-5-6-16-9-11)20(18,19)13-8-10(14)3-4-12(13)15;/h3-4,8,11,16H,2,5-7,9H2,1H3;1H. The number of rotatable bonds is 5. The fraction of sp³-hybridized carbons (Fsp3) is 0.538. The highest BCUT2D eigenvalue weighted by molar-refractivity contribution is 7.89. The second kappa shape index (κ2) is 7.49. The first-order chi connectivity index (χ1) is 9.46. The van der Waals surface area contributed by atoms with Crippen LogP contribution in [0.15, 0.2) is 23.1 Å². The van der Waals surface area contributed by atoms with E-state index in [1.54, 1.807) is 0 Å². The van der Waals surface area contributed by atoms with Crippen molar-refractivity contribution in [2.75, 3.05) is 19.6 Å². The van der Waals surface area contributed by atoms with Crippen LogP contribution >= 0.6 is 12.4 Å². The van der Waals surface area contributed by atoms with Crippen molar-refractivity contribution in [3.8, 4) is 0 Å². The maximum atomic E-state index is 13.8. The largest absolute Gasteiger partial charge is 0.315 e. The van der Waals surface area contributed by atoms with Gasteiger partial charge in [-0.25, -0.2) is 17.2 Å². The Morgan fingerprint density at radius 3 is 2.67 bits per heavy atom. The lowest BCUT2D eigenvalue weighted by Crippen LogP contribution is -2.42. The summed E-state index contributed by atoms with van der Waals surface area (Å²) in [6.45, 7) is 3.42. The molecule has 4 nitrogen and oxygen atoms in total. The van der Waals surface area contributed by atoms with E-state index in [-0.39, 0.29) is 18.4 Å². The van der Waals surface area contributed by atoms with Crippen molar-refractivity contribution in [3.05, 3.63) is 29.8 Å². The molecule has 0 bridgehead atoms. The molecule has 1 fully saturated rings. The highest BCUT2D eigenvalue weighted by Gasteiger charge is 2.34. The lowest BCUT2D eigenvalue weighted by atomic mass is 10.2. The molecule has 1 N–H and O–H groups in total. The molecular formula is C13H19ClF2N2O2S. The van der Waals surface area contributed by atoms with Crippen LogP contribution in [0.3, 0.4) is 0 Å². The minimum Gasteiger partial charge on any atom is -0.315 e. The van der Waals surface area contributed by atoms with Crippen LogP contribution in [0.4, 0.5) is 8.78 Å². The number of hydrogen-bond acceptors (Lipinski definition) is 3. The van der Waals surface area contributed by atoms with E-state index in [1.807, 2.05) is 6.92 Å². The molecule has 1 atom stereocenters. The number of halogens is 3. The van der Waals surface area contributed by atoms with E-state index in [0.29, 0.717) is 25.9 Å².